The molecule has 4 N–H and O–H groups in total. The molecule has 1 heterocycles. The van der Waals surface area contributed by atoms with Crippen molar-refractivity contribution in [1.29, 1.82) is 0 Å². The Balaban J connectivity index is 2.19. The maximum absolute atomic E-state index is 13.0. The first kappa shape index (κ1) is 16.1. The van der Waals surface area contributed by atoms with Crippen LogP contribution in [0.2, 0.25) is 0 Å². The Bertz CT molecular complexity index is 1010. The molecule has 24 heavy (non-hydrogen) atoms. The number of anilines is 2. The van der Waals surface area contributed by atoms with Gasteiger partial charge in [0.25, 0.3) is 0 Å². The van der Waals surface area contributed by atoms with Gasteiger partial charge in [-0.15, -0.1) is 0 Å². The van der Waals surface area contributed by atoms with Crippen LogP contribution in [0.15, 0.2) is 58.3 Å². The number of rotatable bonds is 3. The number of hydrogen-bond acceptors (Lipinski definition) is 5. The SMILES string of the molecule is Cc1cc(S(=O)(=O)c2c(C)nn(-c3ccccc3)c2N)ccc1N. The number of hydrogen-bond donors (Lipinski definition) is 2. The van der Waals surface area contributed by atoms with Crippen molar-refractivity contribution in [1.82, 2.24) is 9.78 Å². The molecule has 0 spiro atoms. The molecule has 6 nitrogen and oxygen atoms in total. The summed E-state index contributed by atoms with van der Waals surface area (Å²) in [5, 5.41) is 4.30. The Labute approximate surface area is 140 Å². The molecular weight excluding hydrogens is 324 g/mol. The van der Waals surface area contributed by atoms with Gasteiger partial charge in [0.15, 0.2) is 0 Å². The van der Waals surface area contributed by atoms with Crippen LogP contribution in [0.25, 0.3) is 5.69 Å². The van der Waals surface area contributed by atoms with Crippen LogP contribution in [0.4, 0.5) is 11.5 Å². The van der Waals surface area contributed by atoms with Crippen molar-refractivity contribution >= 4 is 21.3 Å². The summed E-state index contributed by atoms with van der Waals surface area (Å²) >= 11 is 0. The van der Waals surface area contributed by atoms with E-state index in [0.717, 1.165) is 0 Å². The van der Waals surface area contributed by atoms with Crippen LogP contribution >= 0.6 is 0 Å². The molecule has 0 saturated carbocycles. The highest BCUT2D eigenvalue weighted by Gasteiger charge is 2.28. The van der Waals surface area contributed by atoms with Gasteiger partial charge >= 0.3 is 0 Å². The van der Waals surface area contributed by atoms with Crippen LogP contribution in [0.5, 0.6) is 0 Å². The van der Waals surface area contributed by atoms with E-state index in [0.29, 0.717) is 22.6 Å². The zero-order valence-electron chi connectivity index (χ0n) is 13.4. The van der Waals surface area contributed by atoms with Gasteiger partial charge in [0, 0.05) is 5.69 Å². The van der Waals surface area contributed by atoms with Crippen LogP contribution in [0.3, 0.4) is 0 Å². The standard InChI is InChI=1S/C17H18N4O2S/c1-11-10-14(8-9-15(11)18)24(22,23)16-12(2)20-21(17(16)19)13-6-4-3-5-7-13/h3-10H,18-19H2,1-2H3. The zero-order valence-corrected chi connectivity index (χ0v) is 14.2. The van der Waals surface area contributed by atoms with Crippen molar-refractivity contribution < 1.29 is 8.42 Å². The lowest BCUT2D eigenvalue weighted by molar-refractivity contribution is 0.596. The highest BCUT2D eigenvalue weighted by molar-refractivity contribution is 7.91. The molecule has 0 saturated heterocycles. The van der Waals surface area contributed by atoms with Crippen molar-refractivity contribution in [3.63, 3.8) is 0 Å². The number of nitrogens with zero attached hydrogens (tertiary/aromatic N) is 2. The lowest BCUT2D eigenvalue weighted by atomic mass is 10.2. The van der Waals surface area contributed by atoms with Gasteiger partial charge in [0.2, 0.25) is 9.84 Å². The fourth-order valence-corrected chi connectivity index (χ4v) is 4.17. The van der Waals surface area contributed by atoms with E-state index in [1.165, 1.54) is 10.7 Å². The van der Waals surface area contributed by atoms with Gasteiger partial charge in [-0.2, -0.15) is 5.10 Å². The first-order chi connectivity index (χ1) is 11.3. The molecule has 7 heteroatoms. The third-order valence-corrected chi connectivity index (χ3v) is 5.78. The minimum Gasteiger partial charge on any atom is -0.399 e. The minimum atomic E-state index is -3.79. The highest BCUT2D eigenvalue weighted by Crippen LogP contribution is 2.31. The molecule has 0 aliphatic rings. The third kappa shape index (κ3) is 2.52. The molecule has 0 fully saturated rings. The first-order valence-corrected chi connectivity index (χ1v) is 8.82. The Morgan fingerprint density at radius 3 is 2.29 bits per heavy atom. The smallest absolute Gasteiger partial charge is 0.212 e. The van der Waals surface area contributed by atoms with Gasteiger partial charge in [-0.25, -0.2) is 13.1 Å². The van der Waals surface area contributed by atoms with Gasteiger partial charge in [-0.05, 0) is 49.7 Å². The van der Waals surface area contributed by atoms with Crippen molar-refractivity contribution in [3.8, 4) is 5.69 Å². The number of nitrogens with two attached hydrogens (primary N) is 2. The Kier molecular flexibility index (Phi) is 3.81. The summed E-state index contributed by atoms with van der Waals surface area (Å²) in [6.07, 6.45) is 0. The third-order valence-electron chi connectivity index (χ3n) is 3.86. The van der Waals surface area contributed by atoms with Gasteiger partial charge in [0.05, 0.1) is 16.3 Å². The summed E-state index contributed by atoms with van der Waals surface area (Å²) < 4.78 is 27.5. The molecule has 0 atom stereocenters. The first-order valence-electron chi connectivity index (χ1n) is 7.34. The zero-order chi connectivity index (χ0) is 17.5. The second-order valence-corrected chi connectivity index (χ2v) is 7.46. The van der Waals surface area contributed by atoms with E-state index in [2.05, 4.69) is 5.10 Å². The summed E-state index contributed by atoms with van der Waals surface area (Å²) in [4.78, 5) is 0.173. The Morgan fingerprint density at radius 1 is 1.00 bits per heavy atom. The second kappa shape index (κ2) is 5.68. The van der Waals surface area contributed by atoms with E-state index < -0.39 is 9.84 Å². The number of nitrogen functional groups attached to an aromatic ring is 2. The molecule has 0 aliphatic carbocycles. The van der Waals surface area contributed by atoms with E-state index in [1.54, 1.807) is 26.0 Å². The van der Waals surface area contributed by atoms with Crippen LogP contribution in [0, 0.1) is 13.8 Å². The molecule has 0 bridgehead atoms. The summed E-state index contributed by atoms with van der Waals surface area (Å²) in [7, 11) is -3.79. The summed E-state index contributed by atoms with van der Waals surface area (Å²) in [6, 6.07) is 13.8. The number of aryl methyl sites for hydroxylation is 2. The predicted molar refractivity (Wildman–Crippen MR) is 93.8 cm³/mol. The topological polar surface area (TPSA) is 104 Å². The van der Waals surface area contributed by atoms with E-state index in [-0.39, 0.29) is 15.6 Å². The monoisotopic (exact) mass is 342 g/mol. The molecular formula is C17H18N4O2S. The largest absolute Gasteiger partial charge is 0.399 e. The van der Waals surface area contributed by atoms with Crippen LogP contribution in [0.1, 0.15) is 11.3 Å². The molecule has 0 amide bonds. The average molecular weight is 342 g/mol. The molecule has 2 aromatic carbocycles. The summed E-state index contributed by atoms with van der Waals surface area (Å²) in [5.74, 6) is 0.0909. The number of sulfone groups is 1. The maximum Gasteiger partial charge on any atom is 0.212 e. The molecule has 0 aliphatic heterocycles. The van der Waals surface area contributed by atoms with Crippen LogP contribution < -0.4 is 11.5 Å². The Hall–Kier alpha value is -2.80. The lowest BCUT2D eigenvalue weighted by Crippen LogP contribution is -2.08. The van der Waals surface area contributed by atoms with E-state index in [1.807, 2.05) is 30.3 Å². The molecule has 3 rings (SSSR count). The Morgan fingerprint density at radius 2 is 1.67 bits per heavy atom. The van der Waals surface area contributed by atoms with Gasteiger partial charge in [-0.1, -0.05) is 18.2 Å². The number of para-hydroxylation sites is 1. The summed E-state index contributed by atoms with van der Waals surface area (Å²) in [5.41, 5.74) is 14.2. The van der Waals surface area contributed by atoms with Gasteiger partial charge in [0.1, 0.15) is 10.7 Å². The molecule has 1 aromatic heterocycles. The quantitative estimate of drug-likeness (QED) is 0.712. The van der Waals surface area contributed by atoms with E-state index >= 15 is 0 Å². The fourth-order valence-electron chi connectivity index (χ4n) is 2.56. The number of aromatic nitrogens is 2. The summed E-state index contributed by atoms with van der Waals surface area (Å²) in [6.45, 7) is 3.39. The van der Waals surface area contributed by atoms with Crippen molar-refractivity contribution in [3.05, 3.63) is 59.8 Å². The molecule has 0 unspecified atom stereocenters. The van der Waals surface area contributed by atoms with Crippen molar-refractivity contribution in [2.45, 2.75) is 23.6 Å². The fraction of sp³-hybridized carbons (Fsp3) is 0.118. The van der Waals surface area contributed by atoms with Gasteiger partial charge < -0.3 is 11.5 Å². The van der Waals surface area contributed by atoms with Crippen molar-refractivity contribution in [2.24, 2.45) is 0 Å². The van der Waals surface area contributed by atoms with Crippen molar-refractivity contribution in [2.75, 3.05) is 11.5 Å². The van der Waals surface area contributed by atoms with E-state index in [9.17, 15) is 8.42 Å². The van der Waals surface area contributed by atoms with Crippen LogP contribution in [-0.4, -0.2) is 18.2 Å². The van der Waals surface area contributed by atoms with E-state index in [4.69, 9.17) is 11.5 Å². The second-order valence-electron chi connectivity index (χ2n) is 5.57. The predicted octanol–water partition coefficient (Wildman–Crippen LogP) is 2.49. The van der Waals surface area contributed by atoms with Crippen LogP contribution in [-0.2, 0) is 9.84 Å². The lowest BCUT2D eigenvalue weighted by Gasteiger charge is -2.08. The normalized spacial score (nSPS) is 11.6. The number of benzene rings is 2. The van der Waals surface area contributed by atoms with Gasteiger partial charge in [-0.3, -0.25) is 0 Å². The molecule has 3 aromatic rings. The maximum atomic E-state index is 13.0. The average Bonchev–Trinajstić information content (AvgIpc) is 2.86. The molecule has 124 valence electrons. The minimum absolute atomic E-state index is 0.0236. The molecule has 0 radical (unpaired) electrons. The highest BCUT2D eigenvalue weighted by atomic mass is 32.2.